The van der Waals surface area contributed by atoms with Crippen LogP contribution in [-0.4, -0.2) is 68.2 Å². The van der Waals surface area contributed by atoms with Crippen LogP contribution in [0.4, 0.5) is 0 Å². The van der Waals surface area contributed by atoms with E-state index in [1.165, 1.54) is 7.11 Å². The van der Waals surface area contributed by atoms with Gasteiger partial charge in [-0.05, 0) is 6.07 Å². The van der Waals surface area contributed by atoms with Gasteiger partial charge in [-0.15, -0.1) is 0 Å². The van der Waals surface area contributed by atoms with E-state index in [0.29, 0.717) is 0 Å². The van der Waals surface area contributed by atoms with Crippen molar-refractivity contribution < 1.29 is 70.7 Å². The fourth-order valence-corrected chi connectivity index (χ4v) is 5.23. The number of benzene rings is 2. The lowest BCUT2D eigenvalue weighted by atomic mass is 10.0. The molecule has 0 unspecified atom stereocenters. The Morgan fingerprint density at radius 3 is 1.68 bits per heavy atom. The van der Waals surface area contributed by atoms with E-state index in [9.17, 15) is 33.6 Å². The van der Waals surface area contributed by atoms with Gasteiger partial charge in [0, 0.05) is 51.5 Å². The summed E-state index contributed by atoms with van der Waals surface area (Å²) >= 11 is 0. The van der Waals surface area contributed by atoms with E-state index in [0.717, 1.165) is 46.8 Å². The van der Waals surface area contributed by atoms with Crippen LogP contribution in [0.2, 0.25) is 0 Å². The third-order valence-corrected chi connectivity index (χ3v) is 6.73. The maximum Gasteiger partial charge on any atom is 0.344 e. The third-order valence-electron chi connectivity index (χ3n) is 6.73. The van der Waals surface area contributed by atoms with Crippen molar-refractivity contribution in [2.24, 2.45) is 0 Å². The van der Waals surface area contributed by atoms with Crippen LogP contribution in [-0.2, 0) is 42.9 Å². The average Bonchev–Trinajstić information content (AvgIpc) is 2.95. The summed E-state index contributed by atoms with van der Waals surface area (Å²) in [7, 11) is 1.22. The van der Waals surface area contributed by atoms with Gasteiger partial charge in [-0.25, -0.2) is 9.59 Å². The summed E-state index contributed by atoms with van der Waals surface area (Å²) in [4.78, 5) is 86.6. The minimum atomic E-state index is -1.64. The molecule has 1 saturated heterocycles. The Kier molecular flexibility index (Phi) is 8.75. The fraction of sp³-hybridized carbons (Fsp3) is 0.367. The van der Waals surface area contributed by atoms with Crippen LogP contribution in [0.25, 0.3) is 32.7 Å². The number of hydrogen-bond acceptors (Lipinski definition) is 17. The van der Waals surface area contributed by atoms with E-state index in [2.05, 4.69) is 0 Å². The fourth-order valence-electron chi connectivity index (χ4n) is 5.23. The van der Waals surface area contributed by atoms with Gasteiger partial charge in [-0.1, -0.05) is 0 Å². The molecule has 4 aromatic rings. The molecule has 3 heterocycles. The third kappa shape index (κ3) is 6.24. The zero-order valence-electron chi connectivity index (χ0n) is 25.6. The predicted octanol–water partition coefficient (Wildman–Crippen LogP) is 1.88. The molecule has 0 spiro atoms. The van der Waals surface area contributed by atoms with Gasteiger partial charge in [0.15, 0.2) is 34.9 Å². The molecule has 0 aliphatic carbocycles. The highest BCUT2D eigenvalue weighted by Crippen LogP contribution is 2.46. The summed E-state index contributed by atoms with van der Waals surface area (Å²) in [5, 5.41) is -0.448. The molecule has 17 heteroatoms. The van der Waals surface area contributed by atoms with Gasteiger partial charge in [-0.3, -0.25) is 24.0 Å². The number of esters is 5. The van der Waals surface area contributed by atoms with E-state index in [1.807, 2.05) is 0 Å². The summed E-state index contributed by atoms with van der Waals surface area (Å²) in [6.45, 7) is 4.97. The molecule has 0 saturated carbocycles. The van der Waals surface area contributed by atoms with Crippen molar-refractivity contribution in [1.29, 1.82) is 0 Å². The SMILES string of the molecule is COc1c(OC(C)=O)cc2c(=O)oc3c(OC(C)=O)c(O[C@@H]4OC[C@@H](OC(C)=O)[C@H](OC(C)=O)[C@H]4OC(C)=O)cc4c(=O)oc1c2c34. The van der Waals surface area contributed by atoms with Crippen molar-refractivity contribution in [2.75, 3.05) is 13.7 Å². The van der Waals surface area contributed by atoms with Gasteiger partial charge in [0.1, 0.15) is 0 Å². The number of hydrogen-bond donors (Lipinski definition) is 0. The Morgan fingerprint density at radius 1 is 0.660 bits per heavy atom. The van der Waals surface area contributed by atoms with Gasteiger partial charge in [0.25, 0.3) is 0 Å². The van der Waals surface area contributed by atoms with Gasteiger partial charge < -0.3 is 46.7 Å². The van der Waals surface area contributed by atoms with Crippen molar-refractivity contribution in [2.45, 2.75) is 59.2 Å². The van der Waals surface area contributed by atoms with Gasteiger partial charge in [0.05, 0.1) is 24.5 Å². The highest BCUT2D eigenvalue weighted by Gasteiger charge is 2.48. The lowest BCUT2D eigenvalue weighted by molar-refractivity contribution is -0.260. The standard InChI is InChI=1S/C30H26O17/c1-10(31)40-17-7-15-20-21-16(28(36)46-25(20)22(17)38-6)8-18(23(42-12(3)33)26(21)47-29(15)37)45-30-27(44-14(5)35)24(43-13(4)34)19(9-39-30)41-11(2)32/h7-8,19,24,27,30H,9H2,1-6H3/t19-,24+,27-,30+/m1/s1. The molecule has 1 fully saturated rings. The van der Waals surface area contributed by atoms with Crippen LogP contribution in [0.3, 0.4) is 0 Å². The summed E-state index contributed by atoms with van der Waals surface area (Å²) in [5.41, 5.74) is -2.74. The van der Waals surface area contributed by atoms with E-state index >= 15 is 0 Å². The first-order valence-electron chi connectivity index (χ1n) is 13.8. The van der Waals surface area contributed by atoms with Gasteiger partial charge in [-0.2, -0.15) is 0 Å². The molecule has 0 N–H and O–H groups in total. The van der Waals surface area contributed by atoms with Crippen LogP contribution < -0.4 is 30.2 Å². The number of rotatable bonds is 8. The zero-order valence-corrected chi connectivity index (χ0v) is 25.6. The molecule has 2 aromatic carbocycles. The quantitative estimate of drug-likeness (QED) is 0.0867. The predicted molar refractivity (Wildman–Crippen MR) is 153 cm³/mol. The second kappa shape index (κ2) is 12.6. The summed E-state index contributed by atoms with van der Waals surface area (Å²) in [6.07, 6.45) is -5.86. The van der Waals surface area contributed by atoms with Crippen molar-refractivity contribution in [1.82, 2.24) is 0 Å². The van der Waals surface area contributed by atoms with Crippen LogP contribution in [0.15, 0.2) is 30.6 Å². The monoisotopic (exact) mass is 658 g/mol. The molecule has 0 bridgehead atoms. The second-order valence-corrected chi connectivity index (χ2v) is 10.2. The first-order chi connectivity index (χ1) is 22.2. The van der Waals surface area contributed by atoms with E-state index in [1.54, 1.807) is 0 Å². The van der Waals surface area contributed by atoms with Gasteiger partial charge >= 0.3 is 41.1 Å². The Morgan fingerprint density at radius 2 is 1.17 bits per heavy atom. The van der Waals surface area contributed by atoms with Crippen LogP contribution in [0.1, 0.15) is 34.6 Å². The smallest absolute Gasteiger partial charge is 0.344 e. The van der Waals surface area contributed by atoms with Crippen molar-refractivity contribution >= 4 is 62.6 Å². The number of carbonyl (C=O) groups is 5. The highest BCUT2D eigenvalue weighted by molar-refractivity contribution is 6.22. The van der Waals surface area contributed by atoms with Crippen molar-refractivity contribution in [3.05, 3.63) is 33.0 Å². The molecule has 2 aromatic heterocycles. The van der Waals surface area contributed by atoms with E-state index < -0.39 is 89.4 Å². The molecular formula is C30H26O17. The molecule has 47 heavy (non-hydrogen) atoms. The maximum atomic E-state index is 13.4. The Balaban J connectivity index is 1.75. The van der Waals surface area contributed by atoms with Crippen LogP contribution >= 0.6 is 0 Å². The zero-order chi connectivity index (χ0) is 34.3. The summed E-state index contributed by atoms with van der Waals surface area (Å²) in [6, 6.07) is 2.27. The molecule has 248 valence electrons. The first kappa shape index (κ1) is 32.7. The molecule has 5 rings (SSSR count). The van der Waals surface area contributed by atoms with E-state index in [-0.39, 0.29) is 38.6 Å². The highest BCUT2D eigenvalue weighted by atomic mass is 16.7. The Bertz CT molecular complexity index is 2050. The maximum absolute atomic E-state index is 13.4. The molecule has 0 radical (unpaired) electrons. The average molecular weight is 659 g/mol. The molecule has 1 aliphatic heterocycles. The minimum Gasteiger partial charge on any atom is -0.490 e. The Hall–Kier alpha value is -5.71. The molecule has 0 amide bonds. The van der Waals surface area contributed by atoms with Crippen LogP contribution in [0, 0.1) is 0 Å². The summed E-state index contributed by atoms with van der Waals surface area (Å²) < 4.78 is 54.6. The first-order valence-corrected chi connectivity index (χ1v) is 13.8. The van der Waals surface area contributed by atoms with E-state index in [4.69, 9.17) is 46.7 Å². The van der Waals surface area contributed by atoms with Crippen molar-refractivity contribution in [3.63, 3.8) is 0 Å². The largest absolute Gasteiger partial charge is 0.490 e. The number of methoxy groups -OCH3 is 1. The van der Waals surface area contributed by atoms with Crippen molar-refractivity contribution in [3.8, 4) is 23.0 Å². The topological polar surface area (TPSA) is 220 Å². The van der Waals surface area contributed by atoms with Gasteiger partial charge in [0.2, 0.25) is 23.9 Å². The normalized spacial score (nSPS) is 19.3. The lowest BCUT2D eigenvalue weighted by Crippen LogP contribution is -2.59. The number of carbonyl (C=O) groups excluding carboxylic acids is 5. The Labute approximate surface area is 262 Å². The number of ether oxygens (including phenoxy) is 8. The van der Waals surface area contributed by atoms with Crippen LogP contribution in [0.5, 0.6) is 23.0 Å². The summed E-state index contributed by atoms with van der Waals surface area (Å²) in [5.74, 6) is -5.43. The molecule has 17 nitrogen and oxygen atoms in total. The second-order valence-electron chi connectivity index (χ2n) is 10.2. The molecule has 1 aliphatic rings. The lowest BCUT2D eigenvalue weighted by Gasteiger charge is -2.40. The molecule has 4 atom stereocenters. The molecular weight excluding hydrogens is 632 g/mol. The minimum absolute atomic E-state index is 0.00408.